The number of ether oxygens (including phenoxy) is 1. The van der Waals surface area contributed by atoms with Crippen LogP contribution in [0.4, 0.5) is 0 Å². The topological polar surface area (TPSA) is 74.8 Å². The molecule has 0 unspecified atom stereocenters. The van der Waals surface area contributed by atoms with E-state index < -0.39 is 0 Å². The summed E-state index contributed by atoms with van der Waals surface area (Å²) < 4.78 is 5.00. The lowest BCUT2D eigenvalue weighted by molar-refractivity contribution is -0.127. The van der Waals surface area contributed by atoms with Gasteiger partial charge in [-0.2, -0.15) is 0 Å². The van der Waals surface area contributed by atoms with Gasteiger partial charge in [-0.15, -0.1) is 0 Å². The van der Waals surface area contributed by atoms with Gasteiger partial charge in [-0.1, -0.05) is 0 Å². The Labute approximate surface area is 161 Å². The fraction of sp³-hybridized carbons (Fsp3) is 0.650. The minimum absolute atomic E-state index is 0.0621. The van der Waals surface area contributed by atoms with Gasteiger partial charge >= 0.3 is 0 Å². The molecule has 1 aromatic rings. The Morgan fingerprint density at radius 2 is 1.93 bits per heavy atom. The van der Waals surface area contributed by atoms with Crippen molar-refractivity contribution in [1.29, 1.82) is 0 Å². The molecule has 2 fully saturated rings. The largest absolute Gasteiger partial charge is 0.383 e. The van der Waals surface area contributed by atoms with Crippen LogP contribution in [0.25, 0.3) is 0 Å². The van der Waals surface area contributed by atoms with Crippen LogP contribution in [0.5, 0.6) is 0 Å². The third-order valence-corrected chi connectivity index (χ3v) is 5.62. The van der Waals surface area contributed by atoms with Crippen molar-refractivity contribution in [2.45, 2.75) is 31.7 Å². The first-order chi connectivity index (χ1) is 13.2. The molecule has 148 valence electrons. The first-order valence-electron chi connectivity index (χ1n) is 9.89. The molecule has 3 heterocycles. The van der Waals surface area contributed by atoms with Crippen LogP contribution >= 0.6 is 0 Å². The van der Waals surface area contributed by atoms with E-state index in [-0.39, 0.29) is 17.7 Å². The van der Waals surface area contributed by atoms with Gasteiger partial charge in [0, 0.05) is 57.3 Å². The zero-order chi connectivity index (χ0) is 19.1. The molecule has 2 aliphatic heterocycles. The Morgan fingerprint density at radius 3 is 2.63 bits per heavy atom. The molecule has 1 atom stereocenters. The highest BCUT2D eigenvalue weighted by molar-refractivity contribution is 5.94. The van der Waals surface area contributed by atoms with Crippen molar-refractivity contribution in [3.05, 3.63) is 30.1 Å². The third kappa shape index (κ3) is 5.26. The first kappa shape index (κ1) is 19.8. The summed E-state index contributed by atoms with van der Waals surface area (Å²) in [6.45, 7) is 4.53. The molecule has 27 heavy (non-hydrogen) atoms. The molecule has 1 aromatic heterocycles. The van der Waals surface area contributed by atoms with Crippen LogP contribution in [0.2, 0.25) is 0 Å². The zero-order valence-electron chi connectivity index (χ0n) is 16.1. The lowest BCUT2D eigenvalue weighted by atomic mass is 9.93. The van der Waals surface area contributed by atoms with Crippen LogP contribution in [-0.2, 0) is 9.53 Å². The molecule has 0 radical (unpaired) electrons. The molecule has 7 heteroatoms. The molecule has 0 aromatic carbocycles. The fourth-order valence-electron chi connectivity index (χ4n) is 4.08. The summed E-state index contributed by atoms with van der Waals surface area (Å²) in [5.41, 5.74) is 0.703. The number of hydrogen-bond acceptors (Lipinski definition) is 5. The van der Waals surface area contributed by atoms with Crippen LogP contribution in [0.1, 0.15) is 36.0 Å². The number of pyridine rings is 1. The van der Waals surface area contributed by atoms with Gasteiger partial charge in [0.15, 0.2) is 0 Å². The van der Waals surface area contributed by atoms with Crippen molar-refractivity contribution >= 4 is 11.8 Å². The Morgan fingerprint density at radius 1 is 1.19 bits per heavy atom. The van der Waals surface area contributed by atoms with Crippen molar-refractivity contribution in [3.8, 4) is 0 Å². The summed E-state index contributed by atoms with van der Waals surface area (Å²) in [6, 6.07) is 4.00. The lowest BCUT2D eigenvalue weighted by Gasteiger charge is -2.42. The van der Waals surface area contributed by atoms with E-state index in [4.69, 9.17) is 4.74 Å². The average Bonchev–Trinajstić information content (AvgIpc) is 2.74. The second-order valence-electron chi connectivity index (χ2n) is 7.38. The number of carbonyl (C=O) groups is 2. The van der Waals surface area contributed by atoms with E-state index >= 15 is 0 Å². The smallest absolute Gasteiger partial charge is 0.253 e. The fourth-order valence-corrected chi connectivity index (χ4v) is 4.08. The van der Waals surface area contributed by atoms with Crippen LogP contribution in [0.15, 0.2) is 24.5 Å². The van der Waals surface area contributed by atoms with Crippen molar-refractivity contribution in [1.82, 2.24) is 20.1 Å². The summed E-state index contributed by atoms with van der Waals surface area (Å²) >= 11 is 0. The standard InChI is InChI=1S/C20H30N4O3/c1-27-14-10-22-19(25)17-3-2-11-24(15-17)18-6-12-23(13-7-18)20(26)16-4-8-21-9-5-16/h4-5,8-9,17-18H,2-3,6-7,10-15H2,1H3,(H,22,25)/t17-/m1/s1. The number of piperidine rings is 2. The minimum Gasteiger partial charge on any atom is -0.383 e. The minimum atomic E-state index is 0.0621. The number of nitrogens with zero attached hydrogens (tertiary/aromatic N) is 3. The van der Waals surface area contributed by atoms with Crippen molar-refractivity contribution in [3.63, 3.8) is 0 Å². The monoisotopic (exact) mass is 374 g/mol. The van der Waals surface area contributed by atoms with E-state index in [1.54, 1.807) is 31.6 Å². The number of methoxy groups -OCH3 is 1. The van der Waals surface area contributed by atoms with Gasteiger partial charge < -0.3 is 15.0 Å². The third-order valence-electron chi connectivity index (χ3n) is 5.62. The Hall–Kier alpha value is -1.99. The molecule has 2 saturated heterocycles. The highest BCUT2D eigenvalue weighted by atomic mass is 16.5. The van der Waals surface area contributed by atoms with Crippen molar-refractivity contribution < 1.29 is 14.3 Å². The van der Waals surface area contributed by atoms with E-state index in [1.807, 2.05) is 4.90 Å². The Bertz CT molecular complexity index is 617. The number of likely N-dealkylation sites (tertiary alicyclic amines) is 2. The molecule has 3 rings (SSSR count). The van der Waals surface area contributed by atoms with Crippen LogP contribution in [-0.4, -0.2) is 79.1 Å². The highest BCUT2D eigenvalue weighted by Gasteiger charge is 2.32. The zero-order valence-corrected chi connectivity index (χ0v) is 16.1. The lowest BCUT2D eigenvalue weighted by Crippen LogP contribution is -2.51. The van der Waals surface area contributed by atoms with Crippen LogP contribution < -0.4 is 5.32 Å². The van der Waals surface area contributed by atoms with Gasteiger partial charge in [-0.25, -0.2) is 0 Å². The Balaban J connectivity index is 1.47. The number of amides is 2. The molecule has 2 amide bonds. The molecule has 1 N–H and O–H groups in total. The van der Waals surface area contributed by atoms with E-state index in [2.05, 4.69) is 15.2 Å². The number of nitrogens with one attached hydrogen (secondary N) is 1. The maximum absolute atomic E-state index is 12.6. The van der Waals surface area contributed by atoms with Gasteiger partial charge in [0.2, 0.25) is 5.91 Å². The summed E-state index contributed by atoms with van der Waals surface area (Å²) in [7, 11) is 1.64. The number of hydrogen-bond donors (Lipinski definition) is 1. The molecule has 0 spiro atoms. The normalized spacial score (nSPS) is 21.8. The van der Waals surface area contributed by atoms with Crippen molar-refractivity contribution in [2.75, 3.05) is 46.4 Å². The number of aromatic nitrogens is 1. The van der Waals surface area contributed by atoms with Gasteiger partial charge in [0.1, 0.15) is 0 Å². The highest BCUT2D eigenvalue weighted by Crippen LogP contribution is 2.24. The van der Waals surface area contributed by atoms with Crippen LogP contribution in [0, 0.1) is 5.92 Å². The van der Waals surface area contributed by atoms with Crippen LogP contribution in [0.3, 0.4) is 0 Å². The van der Waals surface area contributed by atoms with Gasteiger partial charge in [-0.05, 0) is 44.4 Å². The van der Waals surface area contributed by atoms with E-state index in [1.165, 1.54) is 0 Å². The summed E-state index contributed by atoms with van der Waals surface area (Å²) in [4.78, 5) is 33.3. The van der Waals surface area contributed by atoms with E-state index in [0.29, 0.717) is 24.8 Å². The molecular weight excluding hydrogens is 344 g/mol. The molecule has 0 saturated carbocycles. The number of carbonyl (C=O) groups excluding carboxylic acids is 2. The summed E-state index contributed by atoms with van der Waals surface area (Å²) in [5.74, 6) is 0.291. The maximum Gasteiger partial charge on any atom is 0.253 e. The summed E-state index contributed by atoms with van der Waals surface area (Å²) in [6.07, 6.45) is 7.26. The second-order valence-corrected chi connectivity index (χ2v) is 7.38. The summed E-state index contributed by atoms with van der Waals surface area (Å²) in [5, 5.41) is 2.97. The predicted octanol–water partition coefficient (Wildman–Crippen LogP) is 1.16. The second kappa shape index (κ2) is 9.80. The first-order valence-corrected chi connectivity index (χ1v) is 9.89. The molecule has 7 nitrogen and oxygen atoms in total. The molecule has 2 aliphatic rings. The maximum atomic E-state index is 12.6. The molecular formula is C20H30N4O3. The average molecular weight is 374 g/mol. The van der Waals surface area contributed by atoms with Gasteiger partial charge in [-0.3, -0.25) is 19.5 Å². The van der Waals surface area contributed by atoms with E-state index in [0.717, 1.165) is 51.9 Å². The Kier molecular flexibility index (Phi) is 7.18. The predicted molar refractivity (Wildman–Crippen MR) is 102 cm³/mol. The quantitative estimate of drug-likeness (QED) is 0.757. The van der Waals surface area contributed by atoms with Crippen molar-refractivity contribution in [2.24, 2.45) is 5.92 Å². The SMILES string of the molecule is COCCNC(=O)[C@@H]1CCCN(C2CCN(C(=O)c3ccncc3)CC2)C1. The molecule has 0 aliphatic carbocycles. The number of rotatable bonds is 6. The van der Waals surface area contributed by atoms with E-state index in [9.17, 15) is 9.59 Å². The van der Waals surface area contributed by atoms with Gasteiger partial charge in [0.25, 0.3) is 5.91 Å². The molecule has 0 bridgehead atoms. The van der Waals surface area contributed by atoms with Gasteiger partial charge in [0.05, 0.1) is 12.5 Å².